The monoisotopic (exact) mass is 225 g/mol. The van der Waals surface area contributed by atoms with Gasteiger partial charge in [-0.25, -0.2) is 4.98 Å². The number of aliphatic hydroxyl groups is 1. The maximum atomic E-state index is 9.02. The minimum Gasteiger partial charge on any atom is -0.395 e. The van der Waals surface area contributed by atoms with Crippen LogP contribution in [0.3, 0.4) is 0 Å². The Bertz CT molecular complexity index is 408. The van der Waals surface area contributed by atoms with Crippen molar-refractivity contribution < 1.29 is 5.11 Å². The molecule has 2 heterocycles. The molecule has 0 radical (unpaired) electrons. The van der Waals surface area contributed by atoms with Gasteiger partial charge in [-0.1, -0.05) is 0 Å². The summed E-state index contributed by atoms with van der Waals surface area (Å²) in [6.45, 7) is 2.95. The van der Waals surface area contributed by atoms with Crippen molar-refractivity contribution in [2.24, 2.45) is 0 Å². The van der Waals surface area contributed by atoms with Crippen molar-refractivity contribution in [2.75, 3.05) is 13.7 Å². The number of likely N-dealkylation sites (N-methyl/N-ethyl adjacent to an activating group) is 1. The minimum absolute atomic E-state index is 0.171. The number of hydrogen-bond donors (Lipinski definition) is 1. The van der Waals surface area contributed by atoms with E-state index in [1.807, 2.05) is 36.1 Å². The first-order valence-electron chi connectivity index (χ1n) is 4.93. The third-order valence-corrected chi connectivity index (χ3v) is 3.34. The number of imidazole rings is 1. The van der Waals surface area contributed by atoms with E-state index >= 15 is 0 Å². The molecule has 0 aliphatic heterocycles. The Labute approximate surface area is 92.8 Å². The van der Waals surface area contributed by atoms with Crippen molar-refractivity contribution in [3.8, 4) is 0 Å². The van der Waals surface area contributed by atoms with Gasteiger partial charge in [0.05, 0.1) is 12.3 Å². The molecule has 0 saturated heterocycles. The van der Waals surface area contributed by atoms with Crippen LogP contribution in [-0.2, 0) is 6.54 Å². The van der Waals surface area contributed by atoms with Gasteiger partial charge in [0, 0.05) is 30.4 Å². The molecule has 82 valence electrons. The predicted molar refractivity (Wildman–Crippen MR) is 61.1 cm³/mol. The van der Waals surface area contributed by atoms with Crippen LogP contribution in [0.25, 0.3) is 4.96 Å². The average molecular weight is 225 g/mol. The second kappa shape index (κ2) is 4.30. The second-order valence-corrected chi connectivity index (χ2v) is 4.64. The molecular formula is C10H15N3OS. The molecule has 1 atom stereocenters. The van der Waals surface area contributed by atoms with Crippen LogP contribution in [0.5, 0.6) is 0 Å². The Kier molecular flexibility index (Phi) is 3.04. The molecule has 15 heavy (non-hydrogen) atoms. The molecule has 0 fully saturated rings. The summed E-state index contributed by atoms with van der Waals surface area (Å²) in [6.07, 6.45) is 4.04. The smallest absolute Gasteiger partial charge is 0.193 e. The Morgan fingerprint density at radius 3 is 3.13 bits per heavy atom. The lowest BCUT2D eigenvalue weighted by molar-refractivity contribution is 0.153. The van der Waals surface area contributed by atoms with Gasteiger partial charge >= 0.3 is 0 Å². The maximum Gasteiger partial charge on any atom is 0.193 e. The first-order valence-corrected chi connectivity index (χ1v) is 5.81. The number of rotatable bonds is 4. The van der Waals surface area contributed by atoms with E-state index in [4.69, 9.17) is 5.11 Å². The summed E-state index contributed by atoms with van der Waals surface area (Å²) in [6, 6.07) is 0.171. The lowest BCUT2D eigenvalue weighted by atomic mass is 10.3. The molecule has 4 nitrogen and oxygen atoms in total. The fraction of sp³-hybridized carbons (Fsp3) is 0.500. The standard InChI is InChI=1S/C10H15N3OS/c1-8(7-14)12(2)5-9-6-13-3-4-15-10(13)11-9/h3-4,6,8,14H,5,7H2,1-2H3. The highest BCUT2D eigenvalue weighted by atomic mass is 32.1. The highest BCUT2D eigenvalue weighted by Gasteiger charge is 2.10. The summed E-state index contributed by atoms with van der Waals surface area (Å²) in [5.41, 5.74) is 1.05. The first kappa shape index (κ1) is 10.6. The van der Waals surface area contributed by atoms with Crippen LogP contribution in [-0.4, -0.2) is 39.1 Å². The average Bonchev–Trinajstić information content (AvgIpc) is 2.76. The number of aliphatic hydroxyl groups excluding tert-OH is 1. The first-order chi connectivity index (χ1) is 7.20. The van der Waals surface area contributed by atoms with Crippen LogP contribution in [0.4, 0.5) is 0 Å². The van der Waals surface area contributed by atoms with E-state index in [-0.39, 0.29) is 12.6 Å². The van der Waals surface area contributed by atoms with E-state index < -0.39 is 0 Å². The second-order valence-electron chi connectivity index (χ2n) is 3.77. The normalized spacial score (nSPS) is 13.9. The van der Waals surface area contributed by atoms with Gasteiger partial charge in [-0.15, -0.1) is 11.3 Å². The summed E-state index contributed by atoms with van der Waals surface area (Å²) >= 11 is 1.63. The van der Waals surface area contributed by atoms with Crippen LogP contribution in [0.1, 0.15) is 12.6 Å². The number of nitrogens with zero attached hydrogens (tertiary/aromatic N) is 3. The van der Waals surface area contributed by atoms with E-state index in [2.05, 4.69) is 9.88 Å². The molecule has 0 bridgehead atoms. The molecule has 0 aliphatic rings. The third kappa shape index (κ3) is 2.19. The fourth-order valence-electron chi connectivity index (χ4n) is 1.40. The quantitative estimate of drug-likeness (QED) is 0.850. The molecular weight excluding hydrogens is 210 g/mol. The summed E-state index contributed by atoms with van der Waals surface area (Å²) in [7, 11) is 1.99. The molecule has 0 amide bonds. The lowest BCUT2D eigenvalue weighted by Crippen LogP contribution is -2.31. The topological polar surface area (TPSA) is 40.8 Å². The van der Waals surface area contributed by atoms with Crippen LogP contribution in [0.2, 0.25) is 0 Å². The summed E-state index contributed by atoms with van der Waals surface area (Å²) in [5, 5.41) is 11.0. The molecule has 0 aliphatic carbocycles. The highest BCUT2D eigenvalue weighted by Crippen LogP contribution is 2.13. The van der Waals surface area contributed by atoms with Crippen LogP contribution >= 0.6 is 11.3 Å². The number of hydrogen-bond acceptors (Lipinski definition) is 4. The van der Waals surface area contributed by atoms with E-state index in [0.29, 0.717) is 0 Å². The molecule has 0 saturated carbocycles. The van der Waals surface area contributed by atoms with Crippen LogP contribution in [0, 0.1) is 0 Å². The fourth-order valence-corrected chi connectivity index (χ4v) is 2.12. The van der Waals surface area contributed by atoms with Crippen LogP contribution < -0.4 is 0 Å². The zero-order valence-corrected chi connectivity index (χ0v) is 9.74. The predicted octanol–water partition coefficient (Wildman–Crippen LogP) is 1.21. The SMILES string of the molecule is CC(CO)N(C)Cc1cn2ccsc2n1. The van der Waals surface area contributed by atoms with E-state index in [1.54, 1.807) is 11.3 Å². The Morgan fingerprint density at radius 2 is 2.47 bits per heavy atom. The van der Waals surface area contributed by atoms with Crippen LogP contribution in [0.15, 0.2) is 17.8 Å². The summed E-state index contributed by atoms with van der Waals surface area (Å²) in [5.74, 6) is 0. The highest BCUT2D eigenvalue weighted by molar-refractivity contribution is 7.15. The Morgan fingerprint density at radius 1 is 1.67 bits per heavy atom. The zero-order chi connectivity index (χ0) is 10.8. The number of aromatic nitrogens is 2. The third-order valence-electron chi connectivity index (χ3n) is 2.57. The lowest BCUT2D eigenvalue weighted by Gasteiger charge is -2.21. The molecule has 2 aromatic heterocycles. The van der Waals surface area contributed by atoms with Crippen molar-refractivity contribution in [3.63, 3.8) is 0 Å². The molecule has 2 aromatic rings. The molecule has 1 unspecified atom stereocenters. The Balaban J connectivity index is 2.09. The van der Waals surface area contributed by atoms with Gasteiger partial charge in [-0.3, -0.25) is 9.30 Å². The Hall–Kier alpha value is -0.910. The van der Waals surface area contributed by atoms with E-state index in [9.17, 15) is 0 Å². The molecule has 5 heteroatoms. The van der Waals surface area contributed by atoms with Gasteiger partial charge in [0.1, 0.15) is 0 Å². The number of thiazole rings is 1. The molecule has 0 spiro atoms. The van der Waals surface area contributed by atoms with Gasteiger partial charge in [-0.05, 0) is 14.0 Å². The van der Waals surface area contributed by atoms with Gasteiger partial charge in [0.2, 0.25) is 0 Å². The maximum absolute atomic E-state index is 9.02. The molecule has 0 aromatic carbocycles. The van der Waals surface area contributed by atoms with Crippen molar-refractivity contribution in [2.45, 2.75) is 19.5 Å². The largest absolute Gasteiger partial charge is 0.395 e. The van der Waals surface area contributed by atoms with E-state index in [1.165, 1.54) is 0 Å². The summed E-state index contributed by atoms with van der Waals surface area (Å²) < 4.78 is 2.03. The molecule has 2 rings (SSSR count). The van der Waals surface area contributed by atoms with Gasteiger partial charge in [0.15, 0.2) is 4.96 Å². The minimum atomic E-state index is 0.171. The molecule has 1 N–H and O–H groups in total. The van der Waals surface area contributed by atoms with Gasteiger partial charge in [0.25, 0.3) is 0 Å². The zero-order valence-electron chi connectivity index (χ0n) is 8.92. The van der Waals surface area contributed by atoms with Crippen molar-refractivity contribution >= 4 is 16.3 Å². The van der Waals surface area contributed by atoms with Crippen molar-refractivity contribution in [1.82, 2.24) is 14.3 Å². The number of fused-ring (bicyclic) bond motifs is 1. The van der Waals surface area contributed by atoms with E-state index in [0.717, 1.165) is 17.2 Å². The van der Waals surface area contributed by atoms with Gasteiger partial charge in [-0.2, -0.15) is 0 Å². The summed E-state index contributed by atoms with van der Waals surface area (Å²) in [4.78, 5) is 7.60. The van der Waals surface area contributed by atoms with Gasteiger partial charge < -0.3 is 5.11 Å². The van der Waals surface area contributed by atoms with Crippen molar-refractivity contribution in [3.05, 3.63) is 23.5 Å². The van der Waals surface area contributed by atoms with Crippen molar-refractivity contribution in [1.29, 1.82) is 0 Å².